The minimum atomic E-state index is -0.525. The fourth-order valence-electron chi connectivity index (χ4n) is 2.33. The van der Waals surface area contributed by atoms with Gasteiger partial charge in [0.1, 0.15) is 11.6 Å². The number of hydrogen-bond donors (Lipinski definition) is 1. The van der Waals surface area contributed by atoms with E-state index in [1.165, 1.54) is 11.8 Å². The monoisotopic (exact) mass is 401 g/mol. The molecule has 0 saturated heterocycles. The second-order valence-corrected chi connectivity index (χ2v) is 6.86. The van der Waals surface area contributed by atoms with Gasteiger partial charge in [-0.05, 0) is 19.4 Å². The molecule has 2 heterocycles. The van der Waals surface area contributed by atoms with Crippen LogP contribution in [-0.2, 0) is 20.9 Å². The summed E-state index contributed by atoms with van der Waals surface area (Å²) in [5.41, 5.74) is 1.11. The summed E-state index contributed by atoms with van der Waals surface area (Å²) >= 11 is 1.21. The van der Waals surface area contributed by atoms with Gasteiger partial charge in [-0.3, -0.25) is 9.59 Å². The highest BCUT2D eigenvalue weighted by atomic mass is 32.2. The molecule has 146 valence electrons. The van der Waals surface area contributed by atoms with Crippen molar-refractivity contribution in [1.29, 1.82) is 0 Å². The lowest BCUT2D eigenvalue weighted by atomic mass is 10.2. The standard InChI is InChI=1S/C18H19N5O4S/c1-12-8-15(22-27-12)19-16(24)10-26-17(25)11-28-18-21-20-13(2)23(18)9-14-6-4-3-5-7-14/h3-8H,9-11H2,1-2H3,(H,19,22,24). The smallest absolute Gasteiger partial charge is 0.316 e. The molecule has 2 aromatic heterocycles. The van der Waals surface area contributed by atoms with Gasteiger partial charge in [-0.1, -0.05) is 47.3 Å². The summed E-state index contributed by atoms with van der Waals surface area (Å²) < 4.78 is 11.7. The Bertz CT molecular complexity index is 954. The Balaban J connectivity index is 1.47. The number of benzene rings is 1. The van der Waals surface area contributed by atoms with Crippen LogP contribution in [0, 0.1) is 13.8 Å². The summed E-state index contributed by atoms with van der Waals surface area (Å²) in [6.45, 7) is 3.77. The zero-order valence-electron chi connectivity index (χ0n) is 15.4. The van der Waals surface area contributed by atoms with Crippen molar-refractivity contribution in [2.75, 3.05) is 17.7 Å². The minimum Gasteiger partial charge on any atom is -0.455 e. The number of aromatic nitrogens is 4. The van der Waals surface area contributed by atoms with Crippen LogP contribution in [0.2, 0.25) is 0 Å². The molecule has 1 aromatic carbocycles. The van der Waals surface area contributed by atoms with Gasteiger partial charge in [0.15, 0.2) is 17.6 Å². The van der Waals surface area contributed by atoms with E-state index >= 15 is 0 Å². The molecular weight excluding hydrogens is 382 g/mol. The van der Waals surface area contributed by atoms with Crippen LogP contribution in [0.3, 0.4) is 0 Å². The first-order chi connectivity index (χ1) is 13.5. The van der Waals surface area contributed by atoms with Crippen LogP contribution >= 0.6 is 11.8 Å². The van der Waals surface area contributed by atoms with Crippen LogP contribution < -0.4 is 5.32 Å². The zero-order chi connectivity index (χ0) is 19.9. The molecule has 3 rings (SSSR count). The Hall–Kier alpha value is -3.14. The molecule has 9 nitrogen and oxygen atoms in total. The topological polar surface area (TPSA) is 112 Å². The Labute approximate surface area is 165 Å². The van der Waals surface area contributed by atoms with E-state index < -0.39 is 18.5 Å². The summed E-state index contributed by atoms with van der Waals surface area (Å²) in [5.74, 6) is 0.597. The average molecular weight is 401 g/mol. The van der Waals surface area contributed by atoms with Gasteiger partial charge in [0.25, 0.3) is 5.91 Å². The van der Waals surface area contributed by atoms with Crippen LogP contribution in [0.4, 0.5) is 5.82 Å². The summed E-state index contributed by atoms with van der Waals surface area (Å²) in [5, 5.41) is 14.9. The van der Waals surface area contributed by atoms with Crippen molar-refractivity contribution in [3.8, 4) is 0 Å². The molecular formula is C18H19N5O4S. The van der Waals surface area contributed by atoms with Gasteiger partial charge in [-0.2, -0.15) is 0 Å². The Morgan fingerprint density at radius 3 is 2.71 bits per heavy atom. The maximum atomic E-state index is 11.9. The maximum absolute atomic E-state index is 11.9. The van der Waals surface area contributed by atoms with E-state index in [4.69, 9.17) is 9.26 Å². The first kappa shape index (κ1) is 19.6. The van der Waals surface area contributed by atoms with E-state index in [-0.39, 0.29) is 11.6 Å². The molecule has 0 aliphatic rings. The maximum Gasteiger partial charge on any atom is 0.316 e. The highest BCUT2D eigenvalue weighted by Gasteiger charge is 2.14. The molecule has 28 heavy (non-hydrogen) atoms. The van der Waals surface area contributed by atoms with Gasteiger partial charge in [-0.25, -0.2) is 0 Å². The third kappa shape index (κ3) is 5.43. The predicted molar refractivity (Wildman–Crippen MR) is 102 cm³/mol. The lowest BCUT2D eigenvalue weighted by Crippen LogP contribution is -2.21. The van der Waals surface area contributed by atoms with E-state index in [0.717, 1.165) is 11.4 Å². The normalized spacial score (nSPS) is 10.6. The minimum absolute atomic E-state index is 0.0171. The van der Waals surface area contributed by atoms with Crippen molar-refractivity contribution in [2.24, 2.45) is 0 Å². The fourth-order valence-corrected chi connectivity index (χ4v) is 3.11. The van der Waals surface area contributed by atoms with Crippen LogP contribution in [-0.4, -0.2) is 44.2 Å². The van der Waals surface area contributed by atoms with Crippen molar-refractivity contribution < 1.29 is 18.8 Å². The van der Waals surface area contributed by atoms with Crippen molar-refractivity contribution in [3.63, 3.8) is 0 Å². The number of anilines is 1. The van der Waals surface area contributed by atoms with Gasteiger partial charge in [-0.15, -0.1) is 10.2 Å². The number of nitrogens with zero attached hydrogens (tertiary/aromatic N) is 4. The summed E-state index contributed by atoms with van der Waals surface area (Å²) in [4.78, 5) is 23.7. The van der Waals surface area contributed by atoms with Crippen molar-refractivity contribution in [1.82, 2.24) is 19.9 Å². The fraction of sp³-hybridized carbons (Fsp3) is 0.278. The van der Waals surface area contributed by atoms with Gasteiger partial charge in [0, 0.05) is 6.07 Å². The van der Waals surface area contributed by atoms with E-state index in [2.05, 4.69) is 20.7 Å². The second kappa shape index (κ2) is 9.18. The summed E-state index contributed by atoms with van der Waals surface area (Å²) in [7, 11) is 0. The number of carbonyl (C=O) groups excluding carboxylic acids is 2. The number of rotatable bonds is 8. The van der Waals surface area contributed by atoms with Crippen molar-refractivity contribution in [2.45, 2.75) is 25.5 Å². The van der Waals surface area contributed by atoms with Crippen LogP contribution in [0.1, 0.15) is 17.1 Å². The Kier molecular flexibility index (Phi) is 6.43. The van der Waals surface area contributed by atoms with E-state index in [1.54, 1.807) is 13.0 Å². The molecule has 1 amide bonds. The highest BCUT2D eigenvalue weighted by molar-refractivity contribution is 7.99. The SMILES string of the molecule is Cc1cc(NC(=O)COC(=O)CSc2nnc(C)n2Cc2ccccc2)no1. The molecule has 0 saturated carbocycles. The Morgan fingerprint density at radius 2 is 2.00 bits per heavy atom. The molecule has 0 unspecified atom stereocenters. The van der Waals surface area contributed by atoms with Gasteiger partial charge in [0.05, 0.1) is 12.3 Å². The van der Waals surface area contributed by atoms with Crippen LogP contribution in [0.25, 0.3) is 0 Å². The molecule has 3 aromatic rings. The summed E-state index contributed by atoms with van der Waals surface area (Å²) in [6, 6.07) is 11.5. The highest BCUT2D eigenvalue weighted by Crippen LogP contribution is 2.18. The van der Waals surface area contributed by atoms with E-state index in [9.17, 15) is 9.59 Å². The molecule has 0 bridgehead atoms. The molecule has 0 aliphatic carbocycles. The lowest BCUT2D eigenvalue weighted by molar-refractivity contribution is -0.144. The molecule has 0 fully saturated rings. The first-order valence-electron chi connectivity index (χ1n) is 8.46. The van der Waals surface area contributed by atoms with Crippen molar-refractivity contribution >= 4 is 29.5 Å². The third-order valence-corrected chi connectivity index (χ3v) is 4.60. The third-order valence-electron chi connectivity index (χ3n) is 3.66. The molecule has 10 heteroatoms. The number of carbonyl (C=O) groups is 2. The van der Waals surface area contributed by atoms with Gasteiger partial charge in [0.2, 0.25) is 0 Å². The number of nitrogens with one attached hydrogen (secondary N) is 1. The van der Waals surface area contributed by atoms with Crippen molar-refractivity contribution in [3.05, 3.63) is 53.5 Å². The molecule has 0 spiro atoms. The number of esters is 1. The van der Waals surface area contributed by atoms with E-state index in [0.29, 0.717) is 17.5 Å². The molecule has 0 atom stereocenters. The van der Waals surface area contributed by atoms with E-state index in [1.807, 2.05) is 41.8 Å². The second-order valence-electron chi connectivity index (χ2n) is 5.92. The molecule has 0 radical (unpaired) electrons. The van der Waals surface area contributed by atoms with Crippen LogP contribution in [0.15, 0.2) is 46.1 Å². The predicted octanol–water partition coefficient (Wildman–Crippen LogP) is 2.21. The Morgan fingerprint density at radius 1 is 1.21 bits per heavy atom. The largest absolute Gasteiger partial charge is 0.455 e. The number of amides is 1. The number of ether oxygens (including phenoxy) is 1. The lowest BCUT2D eigenvalue weighted by Gasteiger charge is -2.08. The zero-order valence-corrected chi connectivity index (χ0v) is 16.2. The average Bonchev–Trinajstić information content (AvgIpc) is 3.25. The van der Waals surface area contributed by atoms with Gasteiger partial charge < -0.3 is 19.1 Å². The molecule has 1 N–H and O–H groups in total. The first-order valence-corrected chi connectivity index (χ1v) is 9.45. The molecule has 0 aliphatic heterocycles. The quantitative estimate of drug-likeness (QED) is 0.452. The van der Waals surface area contributed by atoms with Gasteiger partial charge >= 0.3 is 5.97 Å². The van der Waals surface area contributed by atoms with Crippen LogP contribution in [0.5, 0.6) is 0 Å². The number of thioether (sulfide) groups is 1. The number of aryl methyl sites for hydroxylation is 2. The number of hydrogen-bond acceptors (Lipinski definition) is 8. The summed E-state index contributed by atoms with van der Waals surface area (Å²) in [6.07, 6.45) is 0.